The van der Waals surface area contributed by atoms with Crippen molar-refractivity contribution in [2.75, 3.05) is 13.7 Å². The third kappa shape index (κ3) is 3.44. The molecule has 1 aliphatic rings. The van der Waals surface area contributed by atoms with Gasteiger partial charge in [-0.05, 0) is 18.8 Å². The first-order valence-electron chi connectivity index (χ1n) is 4.56. The van der Waals surface area contributed by atoms with Crippen LogP contribution < -0.4 is 5.32 Å². The van der Waals surface area contributed by atoms with Crippen molar-refractivity contribution < 1.29 is 14.3 Å². The van der Waals surface area contributed by atoms with E-state index < -0.39 is 0 Å². The zero-order valence-electron chi connectivity index (χ0n) is 7.84. The summed E-state index contributed by atoms with van der Waals surface area (Å²) in [4.78, 5) is 22.0. The maximum atomic E-state index is 11.1. The van der Waals surface area contributed by atoms with Crippen LogP contribution in [0.25, 0.3) is 0 Å². The van der Waals surface area contributed by atoms with E-state index in [2.05, 4.69) is 10.1 Å². The number of amides is 1. The highest BCUT2D eigenvalue weighted by Crippen LogP contribution is 2.18. The Morgan fingerprint density at radius 2 is 2.46 bits per heavy atom. The lowest BCUT2D eigenvalue weighted by Gasteiger charge is -2.09. The lowest BCUT2D eigenvalue weighted by molar-refractivity contribution is -0.141. The van der Waals surface area contributed by atoms with E-state index in [1.165, 1.54) is 7.11 Å². The van der Waals surface area contributed by atoms with Gasteiger partial charge >= 0.3 is 5.97 Å². The molecular formula is C9H15NO3. The summed E-state index contributed by atoms with van der Waals surface area (Å²) in [6.07, 6.45) is 2.69. The number of hydrogen-bond donors (Lipinski definition) is 1. The third-order valence-corrected chi connectivity index (χ3v) is 2.27. The van der Waals surface area contributed by atoms with Crippen molar-refractivity contribution in [3.63, 3.8) is 0 Å². The lowest BCUT2D eigenvalue weighted by Crippen LogP contribution is -2.23. The molecular weight excluding hydrogens is 170 g/mol. The second-order valence-corrected chi connectivity index (χ2v) is 3.34. The smallest absolute Gasteiger partial charge is 0.305 e. The first-order valence-corrected chi connectivity index (χ1v) is 4.56. The standard InChI is InChI=1S/C9H15NO3/c1-13-9(12)6-7-3-2-4-10-8(11)5-7/h7H,2-6H2,1H3,(H,10,11). The summed E-state index contributed by atoms with van der Waals surface area (Å²) in [6, 6.07) is 0. The monoisotopic (exact) mass is 185 g/mol. The number of esters is 1. The summed E-state index contributed by atoms with van der Waals surface area (Å²) in [5.74, 6) is -0.0129. The van der Waals surface area contributed by atoms with Crippen molar-refractivity contribution in [2.45, 2.75) is 25.7 Å². The molecule has 0 aliphatic carbocycles. The van der Waals surface area contributed by atoms with Gasteiger partial charge in [-0.25, -0.2) is 0 Å². The number of hydrogen-bond acceptors (Lipinski definition) is 3. The highest BCUT2D eigenvalue weighted by atomic mass is 16.5. The molecule has 13 heavy (non-hydrogen) atoms. The van der Waals surface area contributed by atoms with Crippen molar-refractivity contribution in [1.82, 2.24) is 5.32 Å². The van der Waals surface area contributed by atoms with Crippen molar-refractivity contribution in [3.8, 4) is 0 Å². The van der Waals surface area contributed by atoms with Gasteiger partial charge in [0.25, 0.3) is 0 Å². The highest BCUT2D eigenvalue weighted by molar-refractivity contribution is 5.77. The minimum Gasteiger partial charge on any atom is -0.469 e. The van der Waals surface area contributed by atoms with Crippen LogP contribution in [0.15, 0.2) is 0 Å². The molecule has 74 valence electrons. The number of nitrogens with one attached hydrogen (secondary N) is 1. The fraction of sp³-hybridized carbons (Fsp3) is 0.778. The van der Waals surface area contributed by atoms with E-state index in [1.807, 2.05) is 0 Å². The molecule has 1 atom stereocenters. The number of carbonyl (C=O) groups is 2. The highest BCUT2D eigenvalue weighted by Gasteiger charge is 2.20. The van der Waals surface area contributed by atoms with Crippen LogP contribution in [0.4, 0.5) is 0 Å². The van der Waals surface area contributed by atoms with Gasteiger partial charge in [-0.2, -0.15) is 0 Å². The van der Waals surface area contributed by atoms with Crippen LogP contribution >= 0.6 is 0 Å². The Balaban J connectivity index is 2.39. The summed E-state index contributed by atoms with van der Waals surface area (Å²) in [6.45, 7) is 0.733. The fourth-order valence-electron chi connectivity index (χ4n) is 1.55. The summed E-state index contributed by atoms with van der Waals surface area (Å²) in [7, 11) is 1.37. The van der Waals surface area contributed by atoms with E-state index in [9.17, 15) is 9.59 Å². The zero-order chi connectivity index (χ0) is 9.68. The summed E-state index contributed by atoms with van der Waals surface area (Å²) >= 11 is 0. The van der Waals surface area contributed by atoms with E-state index in [1.54, 1.807) is 0 Å². The minimum absolute atomic E-state index is 0.0476. The van der Waals surface area contributed by atoms with Crippen molar-refractivity contribution in [1.29, 1.82) is 0 Å². The maximum Gasteiger partial charge on any atom is 0.305 e. The second-order valence-electron chi connectivity index (χ2n) is 3.34. The lowest BCUT2D eigenvalue weighted by atomic mass is 9.97. The van der Waals surface area contributed by atoms with E-state index in [0.717, 1.165) is 19.4 Å². The molecule has 1 amide bonds. The van der Waals surface area contributed by atoms with Gasteiger partial charge < -0.3 is 10.1 Å². The fourth-order valence-corrected chi connectivity index (χ4v) is 1.55. The van der Waals surface area contributed by atoms with Gasteiger partial charge in [0.2, 0.25) is 5.91 Å². The molecule has 0 spiro atoms. The quantitative estimate of drug-likeness (QED) is 0.636. The Morgan fingerprint density at radius 1 is 1.69 bits per heavy atom. The molecule has 4 nitrogen and oxygen atoms in total. The van der Waals surface area contributed by atoms with Gasteiger partial charge in [0.05, 0.1) is 7.11 Å². The maximum absolute atomic E-state index is 11.1. The van der Waals surface area contributed by atoms with E-state index in [-0.39, 0.29) is 17.8 Å². The number of rotatable bonds is 2. The molecule has 1 N–H and O–H groups in total. The molecule has 0 aromatic heterocycles. The van der Waals surface area contributed by atoms with Gasteiger partial charge in [-0.15, -0.1) is 0 Å². The van der Waals surface area contributed by atoms with Crippen molar-refractivity contribution >= 4 is 11.9 Å². The number of methoxy groups -OCH3 is 1. The Hall–Kier alpha value is -1.06. The minimum atomic E-state index is -0.222. The number of ether oxygens (including phenoxy) is 1. The van der Waals surface area contributed by atoms with E-state index in [4.69, 9.17) is 0 Å². The van der Waals surface area contributed by atoms with Crippen LogP contribution in [-0.4, -0.2) is 25.5 Å². The van der Waals surface area contributed by atoms with Crippen LogP contribution in [0, 0.1) is 5.92 Å². The molecule has 1 aliphatic heterocycles. The first kappa shape index (κ1) is 10.0. The van der Waals surface area contributed by atoms with E-state index >= 15 is 0 Å². The van der Waals surface area contributed by atoms with Crippen molar-refractivity contribution in [2.24, 2.45) is 5.92 Å². The Labute approximate surface area is 77.6 Å². The molecule has 0 bridgehead atoms. The Bertz CT molecular complexity index is 203. The molecule has 1 saturated heterocycles. The summed E-state index contributed by atoms with van der Waals surface area (Å²) < 4.78 is 4.56. The SMILES string of the molecule is COC(=O)CC1CCCNC(=O)C1. The van der Waals surface area contributed by atoms with Crippen LogP contribution in [0.3, 0.4) is 0 Å². The van der Waals surface area contributed by atoms with Gasteiger partial charge in [0.1, 0.15) is 0 Å². The average Bonchev–Trinajstić information content (AvgIpc) is 2.30. The zero-order valence-corrected chi connectivity index (χ0v) is 7.84. The van der Waals surface area contributed by atoms with Gasteiger partial charge in [-0.1, -0.05) is 0 Å². The summed E-state index contributed by atoms with van der Waals surface area (Å²) in [5.41, 5.74) is 0. The van der Waals surface area contributed by atoms with Crippen LogP contribution in [0.2, 0.25) is 0 Å². The first-order chi connectivity index (χ1) is 6.22. The molecule has 0 aromatic rings. The second kappa shape index (κ2) is 4.84. The predicted octanol–water partition coefficient (Wildman–Crippen LogP) is 0.466. The molecule has 1 fully saturated rings. The third-order valence-electron chi connectivity index (χ3n) is 2.27. The van der Waals surface area contributed by atoms with Crippen LogP contribution in [0.1, 0.15) is 25.7 Å². The molecule has 0 radical (unpaired) electrons. The molecule has 1 heterocycles. The Morgan fingerprint density at radius 3 is 3.15 bits per heavy atom. The van der Waals surface area contributed by atoms with E-state index in [0.29, 0.717) is 12.8 Å². The topological polar surface area (TPSA) is 55.4 Å². The predicted molar refractivity (Wildman–Crippen MR) is 47.0 cm³/mol. The molecule has 0 saturated carbocycles. The Kier molecular flexibility index (Phi) is 3.73. The van der Waals surface area contributed by atoms with Gasteiger partial charge in [0.15, 0.2) is 0 Å². The van der Waals surface area contributed by atoms with Crippen LogP contribution in [0.5, 0.6) is 0 Å². The van der Waals surface area contributed by atoms with Crippen LogP contribution in [-0.2, 0) is 14.3 Å². The van der Waals surface area contributed by atoms with Gasteiger partial charge in [0, 0.05) is 19.4 Å². The average molecular weight is 185 g/mol. The van der Waals surface area contributed by atoms with Gasteiger partial charge in [-0.3, -0.25) is 9.59 Å². The normalized spacial score (nSPS) is 23.2. The summed E-state index contributed by atoms with van der Waals surface area (Å²) in [5, 5.41) is 2.77. The largest absolute Gasteiger partial charge is 0.469 e. The number of carbonyl (C=O) groups excluding carboxylic acids is 2. The molecule has 1 rings (SSSR count). The molecule has 0 aromatic carbocycles. The molecule has 1 unspecified atom stereocenters. The molecule has 4 heteroatoms. The van der Waals surface area contributed by atoms with Crippen molar-refractivity contribution in [3.05, 3.63) is 0 Å².